The molecule has 5 heteroatoms. The lowest BCUT2D eigenvalue weighted by Gasteiger charge is -2.25. The SMILES string of the molecule is CCNc1ncnc(N(CCC#N)C2CC2)c1CC. The Kier molecular flexibility index (Phi) is 4.56. The molecular formula is C14H21N5. The molecule has 1 fully saturated rings. The van der Waals surface area contributed by atoms with Gasteiger partial charge in [-0.1, -0.05) is 6.92 Å². The third kappa shape index (κ3) is 3.14. The van der Waals surface area contributed by atoms with Crippen LogP contribution in [0.2, 0.25) is 0 Å². The Morgan fingerprint density at radius 1 is 1.42 bits per heavy atom. The molecule has 1 aliphatic carbocycles. The number of nitrogens with one attached hydrogen (secondary N) is 1. The Morgan fingerprint density at radius 3 is 2.79 bits per heavy atom. The fourth-order valence-electron chi connectivity index (χ4n) is 2.31. The molecule has 0 aliphatic heterocycles. The number of hydrogen-bond donors (Lipinski definition) is 1. The average molecular weight is 259 g/mol. The van der Waals surface area contributed by atoms with Crippen molar-refractivity contribution in [2.24, 2.45) is 0 Å². The van der Waals surface area contributed by atoms with Crippen molar-refractivity contribution in [3.63, 3.8) is 0 Å². The van der Waals surface area contributed by atoms with E-state index in [1.807, 2.05) is 0 Å². The molecule has 1 saturated carbocycles. The monoisotopic (exact) mass is 259 g/mol. The van der Waals surface area contributed by atoms with Gasteiger partial charge in [-0.2, -0.15) is 5.26 Å². The van der Waals surface area contributed by atoms with E-state index < -0.39 is 0 Å². The normalized spacial score (nSPS) is 13.9. The summed E-state index contributed by atoms with van der Waals surface area (Å²) >= 11 is 0. The van der Waals surface area contributed by atoms with Gasteiger partial charge in [0.15, 0.2) is 0 Å². The minimum atomic E-state index is 0.542. The van der Waals surface area contributed by atoms with E-state index in [1.54, 1.807) is 6.33 Å². The molecule has 1 aliphatic rings. The molecule has 19 heavy (non-hydrogen) atoms. The Hall–Kier alpha value is -1.83. The van der Waals surface area contributed by atoms with Crippen LogP contribution in [0.1, 0.15) is 38.7 Å². The minimum Gasteiger partial charge on any atom is -0.370 e. The van der Waals surface area contributed by atoms with Gasteiger partial charge in [0.2, 0.25) is 0 Å². The van der Waals surface area contributed by atoms with Crippen LogP contribution in [0, 0.1) is 11.3 Å². The summed E-state index contributed by atoms with van der Waals surface area (Å²) < 4.78 is 0. The van der Waals surface area contributed by atoms with Crippen LogP contribution >= 0.6 is 0 Å². The summed E-state index contributed by atoms with van der Waals surface area (Å²) in [6, 6.07) is 2.79. The molecule has 5 nitrogen and oxygen atoms in total. The zero-order chi connectivity index (χ0) is 13.7. The maximum absolute atomic E-state index is 8.81. The van der Waals surface area contributed by atoms with Gasteiger partial charge in [-0.05, 0) is 26.2 Å². The van der Waals surface area contributed by atoms with Crippen LogP contribution in [0.25, 0.3) is 0 Å². The lowest BCUT2D eigenvalue weighted by Crippen LogP contribution is -2.29. The van der Waals surface area contributed by atoms with E-state index in [1.165, 1.54) is 12.8 Å². The van der Waals surface area contributed by atoms with Gasteiger partial charge in [-0.3, -0.25) is 0 Å². The van der Waals surface area contributed by atoms with Gasteiger partial charge in [-0.15, -0.1) is 0 Å². The Morgan fingerprint density at radius 2 is 2.21 bits per heavy atom. The van der Waals surface area contributed by atoms with E-state index >= 15 is 0 Å². The molecule has 0 saturated heterocycles. The molecule has 1 aromatic rings. The molecular weight excluding hydrogens is 238 g/mol. The number of aromatic nitrogens is 2. The van der Waals surface area contributed by atoms with Gasteiger partial charge in [-0.25, -0.2) is 9.97 Å². The van der Waals surface area contributed by atoms with E-state index in [2.05, 4.69) is 40.1 Å². The number of anilines is 2. The molecule has 0 aromatic carbocycles. The number of rotatable bonds is 7. The molecule has 0 spiro atoms. The zero-order valence-corrected chi connectivity index (χ0v) is 11.7. The van der Waals surface area contributed by atoms with E-state index in [0.717, 1.165) is 36.7 Å². The highest BCUT2D eigenvalue weighted by molar-refractivity contribution is 5.59. The lowest BCUT2D eigenvalue weighted by atomic mass is 10.2. The second-order valence-electron chi connectivity index (χ2n) is 4.74. The minimum absolute atomic E-state index is 0.542. The Labute approximate surface area is 114 Å². The molecule has 1 heterocycles. The maximum atomic E-state index is 8.81. The number of nitriles is 1. The van der Waals surface area contributed by atoms with E-state index in [9.17, 15) is 0 Å². The van der Waals surface area contributed by atoms with Crippen LogP contribution in [-0.4, -0.2) is 29.1 Å². The van der Waals surface area contributed by atoms with Crippen molar-refractivity contribution in [1.82, 2.24) is 9.97 Å². The van der Waals surface area contributed by atoms with Gasteiger partial charge in [0, 0.05) is 24.7 Å². The van der Waals surface area contributed by atoms with Gasteiger partial charge in [0.1, 0.15) is 18.0 Å². The summed E-state index contributed by atoms with van der Waals surface area (Å²) in [6.45, 7) is 5.80. The topological polar surface area (TPSA) is 64.8 Å². The molecule has 1 N–H and O–H groups in total. The van der Waals surface area contributed by atoms with Gasteiger partial charge in [0.05, 0.1) is 12.5 Å². The standard InChI is InChI=1S/C14H21N5/c1-3-12-13(16-4-2)17-10-18-14(12)19(9-5-8-15)11-6-7-11/h10-11H,3-7,9H2,1-2H3,(H,16,17,18). The molecule has 0 bridgehead atoms. The zero-order valence-electron chi connectivity index (χ0n) is 11.7. The first-order valence-electron chi connectivity index (χ1n) is 7.03. The Balaban J connectivity index is 2.30. The van der Waals surface area contributed by atoms with Gasteiger partial charge >= 0.3 is 0 Å². The van der Waals surface area contributed by atoms with E-state index in [-0.39, 0.29) is 0 Å². The third-order valence-corrected chi connectivity index (χ3v) is 3.34. The highest BCUT2D eigenvalue weighted by atomic mass is 15.2. The Bertz CT molecular complexity index is 461. The van der Waals surface area contributed by atoms with Crippen molar-refractivity contribution in [2.75, 3.05) is 23.3 Å². The summed E-state index contributed by atoms with van der Waals surface area (Å²) in [5.41, 5.74) is 1.16. The van der Waals surface area contributed by atoms with Crippen LogP contribution in [0.5, 0.6) is 0 Å². The smallest absolute Gasteiger partial charge is 0.137 e. The predicted molar refractivity (Wildman–Crippen MR) is 76.2 cm³/mol. The second-order valence-corrected chi connectivity index (χ2v) is 4.74. The first-order valence-corrected chi connectivity index (χ1v) is 7.03. The van der Waals surface area contributed by atoms with Crippen molar-refractivity contribution in [1.29, 1.82) is 5.26 Å². The van der Waals surface area contributed by atoms with Crippen LogP contribution in [0.4, 0.5) is 11.6 Å². The van der Waals surface area contributed by atoms with Crippen LogP contribution < -0.4 is 10.2 Å². The summed E-state index contributed by atoms with van der Waals surface area (Å²) in [5.74, 6) is 1.93. The summed E-state index contributed by atoms with van der Waals surface area (Å²) in [6.07, 6.45) is 5.47. The molecule has 2 rings (SSSR count). The molecule has 0 amide bonds. The maximum Gasteiger partial charge on any atom is 0.137 e. The lowest BCUT2D eigenvalue weighted by molar-refractivity contribution is 0.766. The molecule has 1 aromatic heterocycles. The number of nitrogens with zero attached hydrogens (tertiary/aromatic N) is 4. The van der Waals surface area contributed by atoms with Crippen molar-refractivity contribution in [2.45, 2.75) is 45.6 Å². The van der Waals surface area contributed by atoms with Gasteiger partial charge < -0.3 is 10.2 Å². The number of hydrogen-bond acceptors (Lipinski definition) is 5. The van der Waals surface area contributed by atoms with Crippen molar-refractivity contribution >= 4 is 11.6 Å². The molecule has 0 atom stereocenters. The van der Waals surface area contributed by atoms with Crippen LogP contribution in [-0.2, 0) is 6.42 Å². The van der Waals surface area contributed by atoms with Crippen molar-refractivity contribution in [3.05, 3.63) is 11.9 Å². The third-order valence-electron chi connectivity index (χ3n) is 3.34. The fourth-order valence-corrected chi connectivity index (χ4v) is 2.31. The van der Waals surface area contributed by atoms with Crippen LogP contribution in [0.3, 0.4) is 0 Å². The molecule has 102 valence electrons. The predicted octanol–water partition coefficient (Wildman–Crippen LogP) is 2.35. The largest absolute Gasteiger partial charge is 0.370 e. The van der Waals surface area contributed by atoms with Gasteiger partial charge in [0.25, 0.3) is 0 Å². The summed E-state index contributed by atoms with van der Waals surface area (Å²) in [5, 5.41) is 12.1. The van der Waals surface area contributed by atoms with Crippen LogP contribution in [0.15, 0.2) is 6.33 Å². The first kappa shape index (κ1) is 13.6. The van der Waals surface area contributed by atoms with E-state index in [0.29, 0.717) is 12.5 Å². The highest BCUT2D eigenvalue weighted by Gasteiger charge is 2.31. The molecule has 0 unspecified atom stereocenters. The van der Waals surface area contributed by atoms with E-state index in [4.69, 9.17) is 5.26 Å². The highest BCUT2D eigenvalue weighted by Crippen LogP contribution is 2.34. The summed E-state index contributed by atoms with van der Waals surface area (Å²) in [4.78, 5) is 11.1. The first-order chi connectivity index (χ1) is 9.31. The second kappa shape index (κ2) is 6.37. The van der Waals surface area contributed by atoms with Crippen molar-refractivity contribution in [3.8, 4) is 6.07 Å². The fraction of sp³-hybridized carbons (Fsp3) is 0.643. The summed E-state index contributed by atoms with van der Waals surface area (Å²) in [7, 11) is 0. The average Bonchev–Trinajstić information content (AvgIpc) is 3.24. The molecule has 0 radical (unpaired) electrons. The van der Waals surface area contributed by atoms with Crippen molar-refractivity contribution < 1.29 is 0 Å². The quantitative estimate of drug-likeness (QED) is 0.814.